The number of hydrogen-bond donors (Lipinski definition) is 1. The number of benzene rings is 1. The SMILES string of the molecule is CC(C)Oc1ccccc1N1CCN(Cc2cc(CC3CCCCC3=O)n[nH]2)CC1. The lowest BCUT2D eigenvalue weighted by atomic mass is 9.85. The van der Waals surface area contributed by atoms with Crippen LogP contribution in [0, 0.1) is 5.92 Å². The van der Waals surface area contributed by atoms with Crippen molar-refractivity contribution in [2.45, 2.75) is 58.6 Å². The van der Waals surface area contributed by atoms with Crippen molar-refractivity contribution < 1.29 is 9.53 Å². The van der Waals surface area contributed by atoms with E-state index < -0.39 is 0 Å². The number of anilines is 1. The second-order valence-electron chi connectivity index (χ2n) is 8.90. The number of nitrogens with zero attached hydrogens (tertiary/aromatic N) is 3. The first-order valence-corrected chi connectivity index (χ1v) is 11.4. The molecule has 0 radical (unpaired) electrons. The molecule has 2 aromatic rings. The molecule has 2 heterocycles. The number of Topliss-reactive ketones (excluding diaryl/α,β-unsaturated/α-hetero) is 1. The Morgan fingerprint density at radius 3 is 2.73 bits per heavy atom. The Hall–Kier alpha value is -2.34. The fourth-order valence-corrected chi connectivity index (χ4v) is 4.58. The molecule has 2 fully saturated rings. The van der Waals surface area contributed by atoms with Crippen molar-refractivity contribution >= 4 is 11.5 Å². The van der Waals surface area contributed by atoms with Gasteiger partial charge in [0.25, 0.3) is 0 Å². The molecule has 1 aromatic carbocycles. The Labute approximate surface area is 179 Å². The Kier molecular flexibility index (Phi) is 6.72. The van der Waals surface area contributed by atoms with Gasteiger partial charge >= 0.3 is 0 Å². The molecule has 1 N–H and O–H groups in total. The van der Waals surface area contributed by atoms with Gasteiger partial charge < -0.3 is 9.64 Å². The van der Waals surface area contributed by atoms with Gasteiger partial charge in [-0.2, -0.15) is 5.10 Å². The highest BCUT2D eigenvalue weighted by molar-refractivity contribution is 5.81. The maximum Gasteiger partial charge on any atom is 0.142 e. The standard InChI is InChI=1S/C24H34N4O2/c1-18(2)30-24-10-6-4-8-22(24)28-13-11-27(12-14-28)17-21-16-20(25-26-21)15-19-7-3-5-9-23(19)29/h4,6,8,10,16,18-19H,3,5,7,9,11-15,17H2,1-2H3,(H,25,26). The predicted molar refractivity (Wildman–Crippen MR) is 119 cm³/mol. The Bertz CT molecular complexity index is 839. The van der Waals surface area contributed by atoms with E-state index in [4.69, 9.17) is 4.74 Å². The fraction of sp³-hybridized carbons (Fsp3) is 0.583. The molecule has 0 spiro atoms. The zero-order valence-electron chi connectivity index (χ0n) is 18.3. The zero-order chi connectivity index (χ0) is 20.9. The van der Waals surface area contributed by atoms with E-state index in [9.17, 15) is 4.79 Å². The van der Waals surface area contributed by atoms with Crippen LogP contribution in [0.5, 0.6) is 5.75 Å². The molecule has 1 saturated carbocycles. The fourth-order valence-electron chi connectivity index (χ4n) is 4.58. The summed E-state index contributed by atoms with van der Waals surface area (Å²) in [5, 5.41) is 7.68. The van der Waals surface area contributed by atoms with Crippen LogP contribution in [-0.4, -0.2) is 53.2 Å². The number of rotatable bonds is 7. The van der Waals surface area contributed by atoms with E-state index in [0.29, 0.717) is 5.78 Å². The van der Waals surface area contributed by atoms with Crippen molar-refractivity contribution in [2.75, 3.05) is 31.1 Å². The van der Waals surface area contributed by atoms with Gasteiger partial charge in [0.15, 0.2) is 0 Å². The van der Waals surface area contributed by atoms with Crippen molar-refractivity contribution in [1.29, 1.82) is 0 Å². The Morgan fingerprint density at radius 2 is 1.97 bits per heavy atom. The van der Waals surface area contributed by atoms with Crippen molar-refractivity contribution in [1.82, 2.24) is 15.1 Å². The van der Waals surface area contributed by atoms with E-state index in [-0.39, 0.29) is 12.0 Å². The summed E-state index contributed by atoms with van der Waals surface area (Å²) in [5.74, 6) is 1.56. The average molecular weight is 411 g/mol. The monoisotopic (exact) mass is 410 g/mol. The molecule has 0 amide bonds. The van der Waals surface area contributed by atoms with Gasteiger partial charge in [0.05, 0.1) is 17.5 Å². The third-order valence-electron chi connectivity index (χ3n) is 6.16. The number of carbonyl (C=O) groups is 1. The largest absolute Gasteiger partial charge is 0.489 e. The number of nitrogens with one attached hydrogen (secondary N) is 1. The first-order chi connectivity index (χ1) is 14.6. The second kappa shape index (κ2) is 9.65. The molecule has 2 aliphatic rings. The molecule has 1 atom stereocenters. The van der Waals surface area contributed by atoms with Crippen LogP contribution in [0.15, 0.2) is 30.3 Å². The molecule has 0 bridgehead atoms. The van der Waals surface area contributed by atoms with Crippen LogP contribution in [0.2, 0.25) is 0 Å². The maximum absolute atomic E-state index is 12.1. The van der Waals surface area contributed by atoms with Gasteiger partial charge in [-0.1, -0.05) is 18.6 Å². The number of aromatic nitrogens is 2. The molecule has 1 aliphatic heterocycles. The Balaban J connectivity index is 1.29. The van der Waals surface area contributed by atoms with Gasteiger partial charge in [-0.3, -0.25) is 14.8 Å². The summed E-state index contributed by atoms with van der Waals surface area (Å²) in [6.45, 7) is 8.99. The highest BCUT2D eigenvalue weighted by Crippen LogP contribution is 2.30. The zero-order valence-corrected chi connectivity index (χ0v) is 18.3. The second-order valence-corrected chi connectivity index (χ2v) is 8.90. The van der Waals surface area contributed by atoms with E-state index in [1.807, 2.05) is 6.07 Å². The first kappa shape index (κ1) is 20.9. The van der Waals surface area contributed by atoms with Crippen LogP contribution in [0.3, 0.4) is 0 Å². The summed E-state index contributed by atoms with van der Waals surface area (Å²) in [6, 6.07) is 10.5. The van der Waals surface area contributed by atoms with Gasteiger partial charge in [0.2, 0.25) is 0 Å². The number of ketones is 1. The minimum Gasteiger partial charge on any atom is -0.489 e. The topological polar surface area (TPSA) is 61.5 Å². The number of hydrogen-bond acceptors (Lipinski definition) is 5. The van der Waals surface area contributed by atoms with E-state index in [2.05, 4.69) is 58.1 Å². The molecule has 1 aromatic heterocycles. The lowest BCUT2D eigenvalue weighted by molar-refractivity contribution is -0.124. The quantitative estimate of drug-likeness (QED) is 0.752. The average Bonchev–Trinajstić information content (AvgIpc) is 3.17. The van der Waals surface area contributed by atoms with Crippen molar-refractivity contribution in [3.05, 3.63) is 41.7 Å². The third-order valence-corrected chi connectivity index (χ3v) is 6.16. The summed E-state index contributed by atoms with van der Waals surface area (Å²) in [5.41, 5.74) is 3.36. The smallest absolute Gasteiger partial charge is 0.142 e. The highest BCUT2D eigenvalue weighted by Gasteiger charge is 2.24. The van der Waals surface area contributed by atoms with E-state index in [1.54, 1.807) is 0 Å². The van der Waals surface area contributed by atoms with Crippen molar-refractivity contribution in [3.8, 4) is 5.75 Å². The highest BCUT2D eigenvalue weighted by atomic mass is 16.5. The number of piperazine rings is 1. The lowest BCUT2D eigenvalue weighted by Gasteiger charge is -2.36. The van der Waals surface area contributed by atoms with Gasteiger partial charge in [0.1, 0.15) is 11.5 Å². The molecule has 1 unspecified atom stereocenters. The van der Waals surface area contributed by atoms with Crippen LogP contribution in [-0.2, 0) is 17.8 Å². The van der Waals surface area contributed by atoms with E-state index >= 15 is 0 Å². The van der Waals surface area contributed by atoms with Gasteiger partial charge in [0, 0.05) is 57.2 Å². The summed E-state index contributed by atoms with van der Waals surface area (Å²) >= 11 is 0. The van der Waals surface area contributed by atoms with Gasteiger partial charge in [-0.25, -0.2) is 0 Å². The molecule has 6 nitrogen and oxygen atoms in total. The Morgan fingerprint density at radius 1 is 1.17 bits per heavy atom. The summed E-state index contributed by atoms with van der Waals surface area (Å²) < 4.78 is 6.00. The normalized spacial score (nSPS) is 20.7. The molecule has 1 aliphatic carbocycles. The molecule has 1 saturated heterocycles. The van der Waals surface area contributed by atoms with E-state index in [0.717, 1.165) is 75.5 Å². The molecule has 4 rings (SSSR count). The van der Waals surface area contributed by atoms with Crippen LogP contribution in [0.4, 0.5) is 5.69 Å². The third kappa shape index (κ3) is 5.22. The first-order valence-electron chi connectivity index (χ1n) is 11.4. The number of H-pyrrole nitrogens is 1. The van der Waals surface area contributed by atoms with Crippen LogP contribution in [0.25, 0.3) is 0 Å². The van der Waals surface area contributed by atoms with Crippen molar-refractivity contribution in [2.24, 2.45) is 5.92 Å². The summed E-state index contributed by atoms with van der Waals surface area (Å²) in [7, 11) is 0. The van der Waals surface area contributed by atoms with Gasteiger partial charge in [-0.05, 0) is 44.9 Å². The maximum atomic E-state index is 12.1. The lowest BCUT2D eigenvalue weighted by Crippen LogP contribution is -2.46. The summed E-state index contributed by atoms with van der Waals surface area (Å²) in [6.07, 6.45) is 4.95. The van der Waals surface area contributed by atoms with Crippen LogP contribution >= 0.6 is 0 Å². The molecular formula is C24H34N4O2. The van der Waals surface area contributed by atoms with Crippen LogP contribution in [0.1, 0.15) is 50.9 Å². The van der Waals surface area contributed by atoms with Crippen LogP contribution < -0.4 is 9.64 Å². The number of aromatic amines is 1. The van der Waals surface area contributed by atoms with Gasteiger partial charge in [-0.15, -0.1) is 0 Å². The minimum atomic E-state index is 0.172. The molecule has 30 heavy (non-hydrogen) atoms. The van der Waals surface area contributed by atoms with Crippen molar-refractivity contribution in [3.63, 3.8) is 0 Å². The molecular weight excluding hydrogens is 376 g/mol. The number of para-hydroxylation sites is 2. The number of ether oxygens (including phenoxy) is 1. The predicted octanol–water partition coefficient (Wildman–Crippen LogP) is 3.82. The minimum absolute atomic E-state index is 0.172. The molecule has 6 heteroatoms. The van der Waals surface area contributed by atoms with E-state index in [1.165, 1.54) is 12.1 Å². The molecule has 162 valence electrons. The summed E-state index contributed by atoms with van der Waals surface area (Å²) in [4.78, 5) is 17.0. The number of carbonyl (C=O) groups excluding carboxylic acids is 1.